The topological polar surface area (TPSA) is 52.6 Å². The van der Waals surface area contributed by atoms with Gasteiger partial charge < -0.3 is 10.4 Å². The van der Waals surface area contributed by atoms with Crippen LogP contribution in [0.2, 0.25) is 0 Å². The van der Waals surface area contributed by atoms with E-state index in [9.17, 15) is 4.79 Å². The standard InChI is InChI=1S/C15H22N2O2/c1-2-3-14-10-16-8-9-17(14)11-12-4-6-13(7-5-12)15(18)19/h4-7,14,16H,2-3,8-11H2,1H3,(H,18,19). The second kappa shape index (κ2) is 6.68. The van der Waals surface area contributed by atoms with Crippen molar-refractivity contribution in [1.29, 1.82) is 0 Å². The molecular weight excluding hydrogens is 240 g/mol. The maximum absolute atomic E-state index is 10.8. The average molecular weight is 262 g/mol. The Morgan fingerprint density at radius 3 is 2.79 bits per heavy atom. The van der Waals surface area contributed by atoms with Crippen molar-refractivity contribution in [3.05, 3.63) is 35.4 Å². The van der Waals surface area contributed by atoms with Crippen LogP contribution in [0.4, 0.5) is 0 Å². The van der Waals surface area contributed by atoms with Crippen LogP contribution in [0.15, 0.2) is 24.3 Å². The SMILES string of the molecule is CCCC1CNCCN1Cc1ccc(C(=O)O)cc1. The van der Waals surface area contributed by atoms with Gasteiger partial charge in [-0.05, 0) is 24.1 Å². The Labute approximate surface area is 114 Å². The lowest BCUT2D eigenvalue weighted by Gasteiger charge is -2.36. The summed E-state index contributed by atoms with van der Waals surface area (Å²) in [6, 6.07) is 7.82. The molecule has 1 aliphatic rings. The molecule has 19 heavy (non-hydrogen) atoms. The molecule has 0 spiro atoms. The summed E-state index contributed by atoms with van der Waals surface area (Å²) in [5, 5.41) is 12.3. The molecule has 1 saturated heterocycles. The first kappa shape index (κ1) is 14.0. The Kier molecular flexibility index (Phi) is 4.93. The van der Waals surface area contributed by atoms with Crippen LogP contribution < -0.4 is 5.32 Å². The predicted molar refractivity (Wildman–Crippen MR) is 75.4 cm³/mol. The molecule has 1 atom stereocenters. The molecule has 0 radical (unpaired) electrons. The van der Waals surface area contributed by atoms with Gasteiger partial charge in [0, 0.05) is 32.2 Å². The molecule has 4 heteroatoms. The highest BCUT2D eigenvalue weighted by atomic mass is 16.4. The third-order valence-corrected chi connectivity index (χ3v) is 3.68. The van der Waals surface area contributed by atoms with E-state index in [1.807, 2.05) is 12.1 Å². The van der Waals surface area contributed by atoms with Crippen molar-refractivity contribution in [2.24, 2.45) is 0 Å². The second-order valence-electron chi connectivity index (χ2n) is 5.12. The number of hydrogen-bond donors (Lipinski definition) is 2. The van der Waals surface area contributed by atoms with Gasteiger partial charge in [0.2, 0.25) is 0 Å². The highest BCUT2D eigenvalue weighted by molar-refractivity contribution is 5.87. The van der Waals surface area contributed by atoms with E-state index in [1.54, 1.807) is 12.1 Å². The third-order valence-electron chi connectivity index (χ3n) is 3.68. The first-order valence-corrected chi connectivity index (χ1v) is 6.97. The lowest BCUT2D eigenvalue weighted by Crippen LogP contribution is -2.50. The Bertz CT molecular complexity index is 415. The summed E-state index contributed by atoms with van der Waals surface area (Å²) in [6.45, 7) is 6.28. The normalized spacial score (nSPS) is 20.4. The van der Waals surface area contributed by atoms with Crippen LogP contribution in [0.3, 0.4) is 0 Å². The Hall–Kier alpha value is -1.39. The van der Waals surface area contributed by atoms with E-state index in [-0.39, 0.29) is 0 Å². The largest absolute Gasteiger partial charge is 0.478 e. The van der Waals surface area contributed by atoms with E-state index in [2.05, 4.69) is 17.1 Å². The fourth-order valence-electron chi connectivity index (χ4n) is 2.62. The van der Waals surface area contributed by atoms with Crippen molar-refractivity contribution in [1.82, 2.24) is 10.2 Å². The summed E-state index contributed by atoms with van der Waals surface area (Å²) in [6.07, 6.45) is 2.40. The lowest BCUT2D eigenvalue weighted by atomic mass is 10.1. The van der Waals surface area contributed by atoms with E-state index < -0.39 is 5.97 Å². The minimum Gasteiger partial charge on any atom is -0.478 e. The predicted octanol–water partition coefficient (Wildman–Crippen LogP) is 1.96. The Balaban J connectivity index is 2.00. The number of nitrogens with zero attached hydrogens (tertiary/aromatic N) is 1. The molecule has 104 valence electrons. The van der Waals surface area contributed by atoms with Crippen LogP contribution in [-0.4, -0.2) is 41.7 Å². The van der Waals surface area contributed by atoms with E-state index in [1.165, 1.54) is 18.4 Å². The molecule has 1 aromatic rings. The van der Waals surface area contributed by atoms with Gasteiger partial charge in [0.1, 0.15) is 0 Å². The van der Waals surface area contributed by atoms with Crippen LogP contribution >= 0.6 is 0 Å². The van der Waals surface area contributed by atoms with Gasteiger partial charge in [-0.15, -0.1) is 0 Å². The summed E-state index contributed by atoms with van der Waals surface area (Å²) in [5.74, 6) is -0.863. The van der Waals surface area contributed by atoms with Crippen molar-refractivity contribution < 1.29 is 9.90 Å². The quantitative estimate of drug-likeness (QED) is 0.851. The molecule has 1 fully saturated rings. The number of hydrogen-bond acceptors (Lipinski definition) is 3. The van der Waals surface area contributed by atoms with E-state index >= 15 is 0 Å². The first-order valence-electron chi connectivity index (χ1n) is 6.97. The van der Waals surface area contributed by atoms with Gasteiger partial charge in [-0.3, -0.25) is 4.90 Å². The zero-order valence-corrected chi connectivity index (χ0v) is 11.4. The Morgan fingerprint density at radius 2 is 2.16 bits per heavy atom. The molecule has 1 heterocycles. The molecule has 1 unspecified atom stereocenters. The number of piperazine rings is 1. The highest BCUT2D eigenvalue weighted by Gasteiger charge is 2.21. The molecule has 1 aliphatic heterocycles. The van der Waals surface area contributed by atoms with Crippen molar-refractivity contribution in [3.8, 4) is 0 Å². The third kappa shape index (κ3) is 3.78. The molecule has 4 nitrogen and oxygen atoms in total. The number of carboxylic acids is 1. The fraction of sp³-hybridized carbons (Fsp3) is 0.533. The molecular formula is C15H22N2O2. The van der Waals surface area contributed by atoms with Gasteiger partial charge >= 0.3 is 5.97 Å². The average Bonchev–Trinajstić information content (AvgIpc) is 2.42. The number of benzene rings is 1. The van der Waals surface area contributed by atoms with Gasteiger partial charge in [-0.2, -0.15) is 0 Å². The fourth-order valence-corrected chi connectivity index (χ4v) is 2.62. The summed E-state index contributed by atoms with van der Waals surface area (Å²) < 4.78 is 0. The van der Waals surface area contributed by atoms with Crippen molar-refractivity contribution in [2.45, 2.75) is 32.4 Å². The molecule has 0 aromatic heterocycles. The smallest absolute Gasteiger partial charge is 0.335 e. The van der Waals surface area contributed by atoms with Gasteiger partial charge in [-0.25, -0.2) is 4.79 Å². The molecule has 1 aromatic carbocycles. The lowest BCUT2D eigenvalue weighted by molar-refractivity contribution is 0.0697. The monoisotopic (exact) mass is 262 g/mol. The van der Waals surface area contributed by atoms with Crippen LogP contribution in [0.25, 0.3) is 0 Å². The molecule has 0 amide bonds. The Morgan fingerprint density at radius 1 is 1.42 bits per heavy atom. The first-order chi connectivity index (χ1) is 9.20. The highest BCUT2D eigenvalue weighted by Crippen LogP contribution is 2.14. The van der Waals surface area contributed by atoms with Gasteiger partial charge in [0.25, 0.3) is 0 Å². The summed E-state index contributed by atoms with van der Waals surface area (Å²) in [4.78, 5) is 13.3. The van der Waals surface area contributed by atoms with Crippen LogP contribution in [-0.2, 0) is 6.54 Å². The summed E-state index contributed by atoms with van der Waals surface area (Å²) in [7, 11) is 0. The molecule has 0 aliphatic carbocycles. The van der Waals surface area contributed by atoms with Gasteiger partial charge in [-0.1, -0.05) is 25.5 Å². The number of nitrogens with one attached hydrogen (secondary N) is 1. The number of aromatic carboxylic acids is 1. The van der Waals surface area contributed by atoms with Gasteiger partial charge in [0.15, 0.2) is 0 Å². The van der Waals surface area contributed by atoms with Crippen LogP contribution in [0.1, 0.15) is 35.7 Å². The van der Waals surface area contributed by atoms with Crippen molar-refractivity contribution in [3.63, 3.8) is 0 Å². The molecule has 0 saturated carbocycles. The number of rotatable bonds is 5. The number of carbonyl (C=O) groups is 1. The maximum Gasteiger partial charge on any atom is 0.335 e. The molecule has 2 rings (SSSR count). The number of carboxylic acid groups (broad SMARTS) is 1. The minimum atomic E-state index is -0.863. The van der Waals surface area contributed by atoms with Crippen molar-refractivity contribution in [2.75, 3.05) is 19.6 Å². The second-order valence-corrected chi connectivity index (χ2v) is 5.12. The minimum absolute atomic E-state index is 0.356. The van der Waals surface area contributed by atoms with Gasteiger partial charge in [0.05, 0.1) is 5.56 Å². The van der Waals surface area contributed by atoms with Crippen LogP contribution in [0.5, 0.6) is 0 Å². The van der Waals surface area contributed by atoms with E-state index in [0.29, 0.717) is 11.6 Å². The maximum atomic E-state index is 10.8. The van der Waals surface area contributed by atoms with Crippen molar-refractivity contribution >= 4 is 5.97 Å². The molecule has 0 bridgehead atoms. The van der Waals surface area contributed by atoms with E-state index in [0.717, 1.165) is 26.2 Å². The van der Waals surface area contributed by atoms with Crippen LogP contribution in [0, 0.1) is 0 Å². The zero-order valence-electron chi connectivity index (χ0n) is 11.4. The molecule has 2 N–H and O–H groups in total. The van der Waals surface area contributed by atoms with E-state index in [4.69, 9.17) is 5.11 Å². The zero-order chi connectivity index (χ0) is 13.7. The summed E-state index contributed by atoms with van der Waals surface area (Å²) in [5.41, 5.74) is 1.54. The summed E-state index contributed by atoms with van der Waals surface area (Å²) >= 11 is 0.